The third-order valence-electron chi connectivity index (χ3n) is 4.44. The number of hydrogen-bond donors (Lipinski definition) is 2. The summed E-state index contributed by atoms with van der Waals surface area (Å²) < 4.78 is 43.0. The number of phenols is 1. The second-order valence-corrected chi connectivity index (χ2v) is 7.06. The Morgan fingerprint density at radius 3 is 2.36 bits per heavy atom. The first kappa shape index (κ1) is 23.8. The largest absolute Gasteiger partial charge is 0.506 e. The number of carbonyl (C=O) groups excluding carboxylic acids is 1. The quantitative estimate of drug-likeness (QED) is 0.364. The van der Waals surface area contributed by atoms with Crippen molar-refractivity contribution in [2.45, 2.75) is 6.61 Å². The van der Waals surface area contributed by atoms with Crippen molar-refractivity contribution < 1.29 is 32.9 Å². The lowest BCUT2D eigenvalue weighted by molar-refractivity contribution is 0.0955. The number of amides is 1. The number of halogens is 3. The van der Waals surface area contributed by atoms with Gasteiger partial charge in [-0.25, -0.2) is 14.2 Å². The fourth-order valence-corrected chi connectivity index (χ4v) is 2.96. The van der Waals surface area contributed by atoms with Gasteiger partial charge in [-0.1, -0.05) is 17.7 Å². The molecule has 3 aromatic rings. The Morgan fingerprint density at radius 1 is 1.06 bits per heavy atom. The van der Waals surface area contributed by atoms with Gasteiger partial charge in [0.15, 0.2) is 23.1 Å². The van der Waals surface area contributed by atoms with Crippen molar-refractivity contribution >= 4 is 23.7 Å². The maximum Gasteiger partial charge on any atom is 0.271 e. The van der Waals surface area contributed by atoms with Gasteiger partial charge in [0.05, 0.1) is 25.5 Å². The predicted octanol–water partition coefficient (Wildman–Crippen LogP) is 4.68. The van der Waals surface area contributed by atoms with Gasteiger partial charge in [-0.3, -0.25) is 4.79 Å². The number of nitrogens with one attached hydrogen (secondary N) is 1. The molecule has 3 rings (SSSR count). The lowest BCUT2D eigenvalue weighted by Crippen LogP contribution is -2.17. The van der Waals surface area contributed by atoms with Crippen LogP contribution < -0.4 is 19.6 Å². The van der Waals surface area contributed by atoms with Crippen LogP contribution in [-0.2, 0) is 6.61 Å². The summed E-state index contributed by atoms with van der Waals surface area (Å²) in [5.74, 6) is -1.73. The average molecular weight is 477 g/mol. The highest BCUT2D eigenvalue weighted by atomic mass is 35.5. The normalized spacial score (nSPS) is 10.8. The minimum atomic E-state index is -0.974. The van der Waals surface area contributed by atoms with Gasteiger partial charge in [-0.05, 0) is 48.0 Å². The van der Waals surface area contributed by atoms with E-state index in [2.05, 4.69) is 10.5 Å². The van der Waals surface area contributed by atoms with Gasteiger partial charge >= 0.3 is 0 Å². The van der Waals surface area contributed by atoms with E-state index in [1.54, 1.807) is 12.1 Å². The van der Waals surface area contributed by atoms with E-state index in [9.17, 15) is 18.7 Å². The molecule has 1 amide bonds. The highest BCUT2D eigenvalue weighted by Gasteiger charge is 2.15. The number of methoxy groups -OCH3 is 2. The Balaban J connectivity index is 1.74. The zero-order chi connectivity index (χ0) is 24.0. The fourth-order valence-electron chi connectivity index (χ4n) is 2.78. The molecule has 0 radical (unpaired) electrons. The molecule has 0 aliphatic heterocycles. The minimum absolute atomic E-state index is 0.0417. The Bertz CT molecular complexity index is 1180. The van der Waals surface area contributed by atoms with Gasteiger partial charge in [-0.2, -0.15) is 5.10 Å². The molecule has 33 heavy (non-hydrogen) atoms. The maximum absolute atomic E-state index is 13.4. The second kappa shape index (κ2) is 10.6. The van der Waals surface area contributed by atoms with Crippen LogP contribution >= 0.6 is 11.6 Å². The molecule has 2 N–H and O–H groups in total. The van der Waals surface area contributed by atoms with Crippen molar-refractivity contribution in [1.29, 1.82) is 0 Å². The standard InChI is InChI=1S/C23H19ClF2N2O5/c1-31-20-8-14(11-27-28-23(30)15-4-6-19(29)16(24)10-15)9-21(32-2)22(20)33-12-13-3-5-17(25)18(26)7-13/h3-11,29H,12H2,1-2H3,(H,28,30)/b27-11+. The molecule has 0 saturated heterocycles. The average Bonchev–Trinajstić information content (AvgIpc) is 2.81. The first-order chi connectivity index (χ1) is 15.8. The van der Waals surface area contributed by atoms with E-state index in [-0.39, 0.29) is 28.7 Å². The van der Waals surface area contributed by atoms with E-state index in [0.717, 1.165) is 12.1 Å². The number of hydrazone groups is 1. The van der Waals surface area contributed by atoms with Crippen LogP contribution in [0.25, 0.3) is 0 Å². The molecule has 172 valence electrons. The molecule has 0 atom stereocenters. The molecule has 0 bridgehead atoms. The van der Waals surface area contributed by atoms with Crippen LogP contribution in [-0.4, -0.2) is 31.4 Å². The summed E-state index contributed by atoms with van der Waals surface area (Å²) in [5.41, 5.74) is 3.50. The number of hydrogen-bond acceptors (Lipinski definition) is 6. The van der Waals surface area contributed by atoms with Crippen molar-refractivity contribution in [3.05, 3.63) is 81.9 Å². The minimum Gasteiger partial charge on any atom is -0.506 e. The van der Waals surface area contributed by atoms with Crippen LogP contribution in [0.3, 0.4) is 0 Å². The van der Waals surface area contributed by atoms with Crippen molar-refractivity contribution in [2.24, 2.45) is 5.10 Å². The Hall–Kier alpha value is -3.85. The molecule has 0 unspecified atom stereocenters. The molecule has 0 fully saturated rings. The highest BCUT2D eigenvalue weighted by molar-refractivity contribution is 6.32. The molecular weight excluding hydrogens is 458 g/mol. The zero-order valence-electron chi connectivity index (χ0n) is 17.6. The summed E-state index contributed by atoms with van der Waals surface area (Å²) in [6.07, 6.45) is 1.37. The van der Waals surface area contributed by atoms with Crippen molar-refractivity contribution in [2.75, 3.05) is 14.2 Å². The Morgan fingerprint density at radius 2 is 1.76 bits per heavy atom. The third kappa shape index (κ3) is 5.89. The molecule has 3 aromatic carbocycles. The fraction of sp³-hybridized carbons (Fsp3) is 0.130. The first-order valence-electron chi connectivity index (χ1n) is 9.47. The molecule has 10 heteroatoms. The summed E-state index contributed by atoms with van der Waals surface area (Å²) in [5, 5.41) is 13.4. The number of carbonyl (C=O) groups is 1. The Labute approximate surface area is 193 Å². The molecular formula is C23H19ClF2N2O5. The van der Waals surface area contributed by atoms with E-state index >= 15 is 0 Å². The van der Waals surface area contributed by atoms with Crippen molar-refractivity contribution in [3.8, 4) is 23.0 Å². The summed E-state index contributed by atoms with van der Waals surface area (Å²) in [4.78, 5) is 12.2. The van der Waals surface area contributed by atoms with E-state index < -0.39 is 17.5 Å². The van der Waals surface area contributed by atoms with E-state index in [1.807, 2.05) is 0 Å². The van der Waals surface area contributed by atoms with Gasteiger partial charge in [-0.15, -0.1) is 0 Å². The van der Waals surface area contributed by atoms with E-state index in [4.69, 9.17) is 25.8 Å². The number of rotatable bonds is 8. The Kier molecular flexibility index (Phi) is 7.68. The highest BCUT2D eigenvalue weighted by Crippen LogP contribution is 2.38. The molecule has 0 aliphatic rings. The number of ether oxygens (including phenoxy) is 3. The lowest BCUT2D eigenvalue weighted by Gasteiger charge is -2.15. The van der Waals surface area contributed by atoms with Crippen LogP contribution in [0.1, 0.15) is 21.5 Å². The number of phenolic OH excluding ortho intramolecular Hbond substituents is 1. The van der Waals surface area contributed by atoms with Crippen LogP contribution in [0.2, 0.25) is 5.02 Å². The number of nitrogens with zero attached hydrogens (tertiary/aromatic N) is 1. The third-order valence-corrected chi connectivity index (χ3v) is 4.74. The maximum atomic E-state index is 13.4. The smallest absolute Gasteiger partial charge is 0.271 e. The molecule has 0 saturated carbocycles. The van der Waals surface area contributed by atoms with Gasteiger partial charge < -0.3 is 19.3 Å². The topological polar surface area (TPSA) is 89.4 Å². The van der Waals surface area contributed by atoms with Gasteiger partial charge in [0.2, 0.25) is 5.75 Å². The summed E-state index contributed by atoms with van der Waals surface area (Å²) >= 11 is 5.81. The monoisotopic (exact) mass is 476 g/mol. The van der Waals surface area contributed by atoms with Crippen molar-refractivity contribution in [3.63, 3.8) is 0 Å². The predicted molar refractivity (Wildman–Crippen MR) is 118 cm³/mol. The lowest BCUT2D eigenvalue weighted by atomic mass is 10.2. The van der Waals surface area contributed by atoms with Crippen LogP contribution in [0.15, 0.2) is 53.6 Å². The zero-order valence-corrected chi connectivity index (χ0v) is 18.3. The molecule has 0 heterocycles. The molecule has 0 spiro atoms. The number of benzene rings is 3. The molecule has 0 aliphatic carbocycles. The van der Waals surface area contributed by atoms with Crippen LogP contribution in [0.4, 0.5) is 8.78 Å². The number of aromatic hydroxyl groups is 1. The summed E-state index contributed by atoms with van der Waals surface area (Å²) in [6.45, 7) is -0.0530. The summed E-state index contributed by atoms with van der Waals surface area (Å²) in [7, 11) is 2.85. The van der Waals surface area contributed by atoms with Gasteiger partial charge in [0, 0.05) is 11.1 Å². The second-order valence-electron chi connectivity index (χ2n) is 6.66. The first-order valence-corrected chi connectivity index (χ1v) is 9.84. The van der Waals surface area contributed by atoms with Gasteiger partial charge in [0.1, 0.15) is 12.4 Å². The SMILES string of the molecule is COc1cc(/C=N/NC(=O)c2ccc(O)c(Cl)c2)cc(OC)c1OCc1ccc(F)c(F)c1. The van der Waals surface area contributed by atoms with E-state index in [1.165, 1.54) is 44.7 Å². The van der Waals surface area contributed by atoms with Crippen LogP contribution in [0.5, 0.6) is 23.0 Å². The molecule has 7 nitrogen and oxygen atoms in total. The molecule has 0 aromatic heterocycles. The van der Waals surface area contributed by atoms with Gasteiger partial charge in [0.25, 0.3) is 5.91 Å². The summed E-state index contributed by atoms with van der Waals surface area (Å²) in [6, 6.07) is 10.7. The van der Waals surface area contributed by atoms with E-state index in [0.29, 0.717) is 22.6 Å². The van der Waals surface area contributed by atoms with Crippen LogP contribution in [0, 0.1) is 11.6 Å². The van der Waals surface area contributed by atoms with Crippen molar-refractivity contribution in [1.82, 2.24) is 5.43 Å².